The van der Waals surface area contributed by atoms with E-state index in [9.17, 15) is 5.11 Å². The van der Waals surface area contributed by atoms with Crippen LogP contribution in [0.1, 0.15) is 31.7 Å². The van der Waals surface area contributed by atoms with E-state index in [1.165, 1.54) is 5.56 Å². The lowest BCUT2D eigenvalue weighted by atomic mass is 9.88. The summed E-state index contributed by atoms with van der Waals surface area (Å²) in [7, 11) is 0. The molecule has 0 bridgehead atoms. The molecule has 1 spiro atoms. The molecule has 2 aliphatic rings. The molecule has 2 aliphatic heterocycles. The van der Waals surface area contributed by atoms with E-state index in [4.69, 9.17) is 4.74 Å². The number of nitrogens with zero attached hydrogens (tertiary/aromatic N) is 3. The van der Waals surface area contributed by atoms with Gasteiger partial charge in [-0.1, -0.05) is 6.92 Å². The first kappa shape index (κ1) is 12.8. The van der Waals surface area contributed by atoms with Gasteiger partial charge in [0.2, 0.25) is 5.95 Å². The quantitative estimate of drug-likeness (QED) is 0.867. The van der Waals surface area contributed by atoms with Gasteiger partial charge in [-0.15, -0.1) is 0 Å². The van der Waals surface area contributed by atoms with Crippen LogP contribution >= 0.6 is 0 Å². The van der Waals surface area contributed by atoms with Gasteiger partial charge in [-0.05, 0) is 24.8 Å². The molecule has 0 radical (unpaired) electrons. The summed E-state index contributed by atoms with van der Waals surface area (Å²) < 4.78 is 5.80. The Morgan fingerprint density at radius 3 is 2.58 bits per heavy atom. The number of hydrogen-bond donors (Lipinski definition) is 1. The van der Waals surface area contributed by atoms with E-state index in [2.05, 4.69) is 21.8 Å². The van der Waals surface area contributed by atoms with Crippen LogP contribution in [0.15, 0.2) is 12.4 Å². The molecular formula is C14H21N3O2. The predicted molar refractivity (Wildman–Crippen MR) is 72.2 cm³/mol. The van der Waals surface area contributed by atoms with Crippen molar-refractivity contribution in [1.82, 2.24) is 9.97 Å². The van der Waals surface area contributed by atoms with Crippen molar-refractivity contribution >= 4 is 5.95 Å². The average Bonchev–Trinajstić information content (AvgIpc) is 2.81. The van der Waals surface area contributed by atoms with Gasteiger partial charge in [0.1, 0.15) is 0 Å². The van der Waals surface area contributed by atoms with Crippen LogP contribution in [-0.2, 0) is 11.2 Å². The molecule has 1 aromatic heterocycles. The molecule has 3 rings (SSSR count). The van der Waals surface area contributed by atoms with Gasteiger partial charge in [0.15, 0.2) is 0 Å². The third-order valence-corrected chi connectivity index (χ3v) is 4.25. The van der Waals surface area contributed by atoms with Crippen LogP contribution in [0.2, 0.25) is 0 Å². The number of anilines is 1. The Morgan fingerprint density at radius 2 is 2.05 bits per heavy atom. The van der Waals surface area contributed by atoms with Crippen molar-refractivity contribution in [2.75, 3.05) is 24.6 Å². The highest BCUT2D eigenvalue weighted by Crippen LogP contribution is 2.36. The molecule has 2 fully saturated rings. The molecule has 1 atom stereocenters. The molecule has 1 aromatic rings. The second-order valence-corrected chi connectivity index (χ2v) is 5.58. The summed E-state index contributed by atoms with van der Waals surface area (Å²) in [5.74, 6) is 0.811. The molecule has 19 heavy (non-hydrogen) atoms. The molecule has 0 aliphatic carbocycles. The molecular weight excluding hydrogens is 242 g/mol. The Morgan fingerprint density at radius 1 is 1.37 bits per heavy atom. The second-order valence-electron chi connectivity index (χ2n) is 5.58. The summed E-state index contributed by atoms with van der Waals surface area (Å²) in [4.78, 5) is 11.1. The number of rotatable bonds is 2. The maximum absolute atomic E-state index is 9.62. The van der Waals surface area contributed by atoms with Gasteiger partial charge in [0, 0.05) is 31.9 Å². The number of aliphatic hydroxyl groups excluding tert-OH is 1. The first-order valence-electron chi connectivity index (χ1n) is 7.09. The smallest absolute Gasteiger partial charge is 0.225 e. The summed E-state index contributed by atoms with van der Waals surface area (Å²) in [5, 5.41) is 9.62. The minimum absolute atomic E-state index is 0.0979. The van der Waals surface area contributed by atoms with Gasteiger partial charge in [-0.2, -0.15) is 0 Å². The van der Waals surface area contributed by atoms with Gasteiger partial charge >= 0.3 is 0 Å². The molecule has 0 saturated carbocycles. The highest BCUT2D eigenvalue weighted by molar-refractivity contribution is 5.31. The van der Waals surface area contributed by atoms with Crippen molar-refractivity contribution in [3.8, 4) is 0 Å². The minimum Gasteiger partial charge on any atom is -0.391 e. The Labute approximate surface area is 113 Å². The fourth-order valence-electron chi connectivity index (χ4n) is 2.98. The van der Waals surface area contributed by atoms with Gasteiger partial charge in [0.05, 0.1) is 18.3 Å². The van der Waals surface area contributed by atoms with Crippen LogP contribution in [0, 0.1) is 0 Å². The highest BCUT2D eigenvalue weighted by Gasteiger charge is 2.42. The third kappa shape index (κ3) is 2.58. The molecule has 2 saturated heterocycles. The van der Waals surface area contributed by atoms with Gasteiger partial charge in [-0.25, -0.2) is 9.97 Å². The molecule has 1 unspecified atom stereocenters. The van der Waals surface area contributed by atoms with Crippen LogP contribution in [-0.4, -0.2) is 46.5 Å². The Hall–Kier alpha value is -1.20. The minimum atomic E-state index is -0.286. The molecule has 104 valence electrons. The normalized spacial score (nSPS) is 26.0. The van der Waals surface area contributed by atoms with Crippen LogP contribution in [0.3, 0.4) is 0 Å². The van der Waals surface area contributed by atoms with E-state index in [0.717, 1.165) is 44.7 Å². The summed E-state index contributed by atoms with van der Waals surface area (Å²) in [6.07, 6.45) is 7.16. The van der Waals surface area contributed by atoms with E-state index in [0.29, 0.717) is 6.61 Å². The number of aromatic nitrogens is 2. The van der Waals surface area contributed by atoms with Crippen molar-refractivity contribution in [2.24, 2.45) is 0 Å². The van der Waals surface area contributed by atoms with Crippen molar-refractivity contribution in [3.05, 3.63) is 18.0 Å². The van der Waals surface area contributed by atoms with E-state index in [-0.39, 0.29) is 11.7 Å². The topological polar surface area (TPSA) is 58.5 Å². The van der Waals surface area contributed by atoms with Crippen LogP contribution in [0.5, 0.6) is 0 Å². The van der Waals surface area contributed by atoms with Gasteiger partial charge in [0.25, 0.3) is 0 Å². The Balaban J connectivity index is 1.63. The van der Waals surface area contributed by atoms with Crippen molar-refractivity contribution in [3.63, 3.8) is 0 Å². The molecule has 1 N–H and O–H groups in total. The summed E-state index contributed by atoms with van der Waals surface area (Å²) in [6.45, 7) is 4.39. The number of aryl methyl sites for hydroxylation is 1. The van der Waals surface area contributed by atoms with Crippen molar-refractivity contribution < 1.29 is 9.84 Å². The zero-order valence-corrected chi connectivity index (χ0v) is 11.4. The fourth-order valence-corrected chi connectivity index (χ4v) is 2.98. The fraction of sp³-hybridized carbons (Fsp3) is 0.714. The molecule has 5 heteroatoms. The summed E-state index contributed by atoms with van der Waals surface area (Å²) in [6, 6.07) is 0. The zero-order valence-electron chi connectivity index (χ0n) is 11.4. The maximum atomic E-state index is 9.62. The SMILES string of the molecule is CCc1cnc(N2CCC3(CC2)CC(O)CO3)nc1. The molecule has 0 aromatic carbocycles. The van der Waals surface area contributed by atoms with E-state index < -0.39 is 0 Å². The summed E-state index contributed by atoms with van der Waals surface area (Å²) >= 11 is 0. The highest BCUT2D eigenvalue weighted by atomic mass is 16.5. The lowest BCUT2D eigenvalue weighted by Crippen LogP contribution is -2.44. The first-order chi connectivity index (χ1) is 9.21. The Bertz CT molecular complexity index is 427. The summed E-state index contributed by atoms with van der Waals surface area (Å²) in [5.41, 5.74) is 1.07. The molecule has 0 amide bonds. The van der Waals surface area contributed by atoms with E-state index in [1.54, 1.807) is 0 Å². The lowest BCUT2D eigenvalue weighted by molar-refractivity contribution is -0.0168. The molecule has 5 nitrogen and oxygen atoms in total. The van der Waals surface area contributed by atoms with Crippen molar-refractivity contribution in [1.29, 1.82) is 0 Å². The monoisotopic (exact) mass is 263 g/mol. The number of ether oxygens (including phenoxy) is 1. The van der Waals surface area contributed by atoms with E-state index >= 15 is 0 Å². The van der Waals surface area contributed by atoms with Crippen molar-refractivity contribution in [2.45, 2.75) is 44.3 Å². The number of hydrogen-bond acceptors (Lipinski definition) is 5. The van der Waals surface area contributed by atoms with Gasteiger partial charge < -0.3 is 14.7 Å². The van der Waals surface area contributed by atoms with Gasteiger partial charge in [-0.3, -0.25) is 0 Å². The Kier molecular flexibility index (Phi) is 3.41. The lowest BCUT2D eigenvalue weighted by Gasteiger charge is -2.38. The third-order valence-electron chi connectivity index (χ3n) is 4.25. The zero-order chi connectivity index (χ0) is 13.3. The molecule has 3 heterocycles. The van der Waals surface area contributed by atoms with Crippen LogP contribution in [0.4, 0.5) is 5.95 Å². The second kappa shape index (κ2) is 5.06. The van der Waals surface area contributed by atoms with Crippen LogP contribution < -0.4 is 4.90 Å². The van der Waals surface area contributed by atoms with Crippen LogP contribution in [0.25, 0.3) is 0 Å². The first-order valence-corrected chi connectivity index (χ1v) is 7.09. The maximum Gasteiger partial charge on any atom is 0.225 e. The van der Waals surface area contributed by atoms with E-state index in [1.807, 2.05) is 12.4 Å². The average molecular weight is 263 g/mol. The standard InChI is InChI=1S/C14H21N3O2/c1-2-11-8-15-13(16-9-11)17-5-3-14(4-6-17)7-12(18)10-19-14/h8-9,12,18H,2-7,10H2,1H3. The number of aliphatic hydroxyl groups is 1. The largest absolute Gasteiger partial charge is 0.391 e. The predicted octanol–water partition coefficient (Wildman–Crippen LogP) is 1.16. The number of piperidine rings is 1.